The molecule has 4 nitrogen and oxygen atoms in total. The minimum absolute atomic E-state index is 0.158. The fraction of sp³-hybridized carbons (Fsp3) is 0. The van der Waals surface area contributed by atoms with Crippen LogP contribution in [0.5, 0.6) is 0 Å². The first-order valence-electron chi connectivity index (χ1n) is 5.33. The van der Waals surface area contributed by atoms with E-state index < -0.39 is 17.3 Å². The average Bonchev–Trinajstić information content (AvgIpc) is 2.41. The molecule has 0 saturated carbocycles. The maximum absolute atomic E-state index is 13.8. The van der Waals surface area contributed by atoms with E-state index in [0.29, 0.717) is 11.3 Å². The fourth-order valence-electron chi connectivity index (χ4n) is 1.52. The van der Waals surface area contributed by atoms with Crippen LogP contribution in [-0.2, 0) is 0 Å². The molecular weight excluding hydrogens is 247 g/mol. The molecule has 1 heterocycles. The van der Waals surface area contributed by atoms with Gasteiger partial charge < -0.3 is 10.4 Å². The highest BCUT2D eigenvalue weighted by atomic mass is 19.1. The molecule has 1 aromatic carbocycles. The lowest BCUT2D eigenvalue weighted by atomic mass is 10.2. The van der Waals surface area contributed by atoms with Crippen molar-refractivity contribution < 1.29 is 14.3 Å². The van der Waals surface area contributed by atoms with Crippen molar-refractivity contribution in [2.45, 2.75) is 0 Å². The summed E-state index contributed by atoms with van der Waals surface area (Å²) in [6, 6.07) is 7.84. The van der Waals surface area contributed by atoms with E-state index in [1.165, 1.54) is 6.20 Å². The molecule has 0 unspecified atom stereocenters. The van der Waals surface area contributed by atoms with Gasteiger partial charge in [-0.3, -0.25) is 0 Å². The van der Waals surface area contributed by atoms with Gasteiger partial charge in [-0.15, -0.1) is 6.42 Å². The Morgan fingerprint density at radius 1 is 1.42 bits per heavy atom. The Balaban J connectivity index is 2.36. The van der Waals surface area contributed by atoms with Crippen LogP contribution in [0.1, 0.15) is 15.9 Å². The molecule has 0 fully saturated rings. The zero-order valence-corrected chi connectivity index (χ0v) is 9.72. The van der Waals surface area contributed by atoms with Crippen molar-refractivity contribution in [2.24, 2.45) is 0 Å². The molecule has 2 N–H and O–H groups in total. The standard InChI is InChI=1S/C14H9FN2O2/c1-2-9-4-3-5-10(8-9)17-13-12(15)11(14(18)19)6-7-16-13/h1,3-8H,(H,16,17)(H,18,19). The normalized spacial score (nSPS) is 9.68. The monoisotopic (exact) mass is 256 g/mol. The van der Waals surface area contributed by atoms with Gasteiger partial charge in [-0.2, -0.15) is 0 Å². The molecule has 2 rings (SSSR count). The minimum atomic E-state index is -1.35. The number of pyridine rings is 1. The number of terminal acetylenes is 1. The topological polar surface area (TPSA) is 62.2 Å². The van der Waals surface area contributed by atoms with Gasteiger partial charge in [-0.05, 0) is 24.3 Å². The number of rotatable bonds is 3. The number of aromatic nitrogens is 1. The summed E-state index contributed by atoms with van der Waals surface area (Å²) in [4.78, 5) is 14.6. The number of aromatic carboxylic acids is 1. The second kappa shape index (κ2) is 5.19. The Kier molecular flexibility index (Phi) is 3.44. The third-order valence-electron chi connectivity index (χ3n) is 2.41. The molecule has 0 spiro atoms. The number of benzene rings is 1. The summed E-state index contributed by atoms with van der Waals surface area (Å²) in [6.45, 7) is 0. The van der Waals surface area contributed by atoms with Crippen LogP contribution in [0.2, 0.25) is 0 Å². The number of nitrogens with zero attached hydrogens (tertiary/aromatic N) is 1. The number of carboxylic acid groups (broad SMARTS) is 1. The highest BCUT2D eigenvalue weighted by Crippen LogP contribution is 2.20. The molecule has 2 aromatic rings. The zero-order valence-electron chi connectivity index (χ0n) is 9.72. The first-order valence-corrected chi connectivity index (χ1v) is 5.33. The fourth-order valence-corrected chi connectivity index (χ4v) is 1.52. The van der Waals surface area contributed by atoms with Crippen LogP contribution in [0, 0.1) is 18.2 Å². The Labute approximate surface area is 108 Å². The Morgan fingerprint density at radius 3 is 2.89 bits per heavy atom. The summed E-state index contributed by atoms with van der Waals surface area (Å²) >= 11 is 0. The van der Waals surface area contributed by atoms with E-state index in [9.17, 15) is 9.18 Å². The van der Waals surface area contributed by atoms with Crippen LogP contribution in [0.4, 0.5) is 15.9 Å². The molecular formula is C14H9FN2O2. The van der Waals surface area contributed by atoms with E-state index in [4.69, 9.17) is 11.5 Å². The molecule has 0 radical (unpaired) electrons. The van der Waals surface area contributed by atoms with Crippen molar-refractivity contribution in [3.05, 3.63) is 53.5 Å². The maximum atomic E-state index is 13.8. The summed E-state index contributed by atoms with van der Waals surface area (Å²) in [5.74, 6) is 0.0283. The van der Waals surface area contributed by atoms with Gasteiger partial charge in [-0.1, -0.05) is 12.0 Å². The van der Waals surface area contributed by atoms with Crippen molar-refractivity contribution in [1.82, 2.24) is 4.98 Å². The third-order valence-corrected chi connectivity index (χ3v) is 2.41. The lowest BCUT2D eigenvalue weighted by Crippen LogP contribution is -2.05. The van der Waals surface area contributed by atoms with Crippen LogP contribution in [0.25, 0.3) is 0 Å². The van der Waals surface area contributed by atoms with Gasteiger partial charge in [0.25, 0.3) is 0 Å². The first kappa shape index (κ1) is 12.6. The predicted molar refractivity (Wildman–Crippen MR) is 68.8 cm³/mol. The van der Waals surface area contributed by atoms with Crippen molar-refractivity contribution >= 4 is 17.5 Å². The van der Waals surface area contributed by atoms with Gasteiger partial charge in [0.15, 0.2) is 11.6 Å². The van der Waals surface area contributed by atoms with Crippen LogP contribution in [-0.4, -0.2) is 16.1 Å². The van der Waals surface area contributed by atoms with E-state index in [-0.39, 0.29) is 5.82 Å². The van der Waals surface area contributed by atoms with Gasteiger partial charge in [0.1, 0.15) is 5.56 Å². The quantitative estimate of drug-likeness (QED) is 0.829. The molecule has 0 aliphatic carbocycles. The summed E-state index contributed by atoms with van der Waals surface area (Å²) in [5, 5.41) is 11.5. The SMILES string of the molecule is C#Cc1cccc(Nc2nccc(C(=O)O)c2F)c1. The summed E-state index contributed by atoms with van der Waals surface area (Å²) in [5.41, 5.74) is 0.717. The van der Waals surface area contributed by atoms with E-state index >= 15 is 0 Å². The van der Waals surface area contributed by atoms with Crippen molar-refractivity contribution in [2.75, 3.05) is 5.32 Å². The van der Waals surface area contributed by atoms with E-state index in [1.54, 1.807) is 24.3 Å². The molecule has 94 valence electrons. The molecule has 0 aliphatic heterocycles. The van der Waals surface area contributed by atoms with Crippen LogP contribution >= 0.6 is 0 Å². The largest absolute Gasteiger partial charge is 0.478 e. The number of nitrogens with one attached hydrogen (secondary N) is 1. The molecule has 0 saturated heterocycles. The molecule has 0 amide bonds. The Morgan fingerprint density at radius 2 is 2.21 bits per heavy atom. The van der Waals surface area contributed by atoms with E-state index in [1.807, 2.05) is 0 Å². The third kappa shape index (κ3) is 2.69. The number of anilines is 2. The van der Waals surface area contributed by atoms with E-state index in [2.05, 4.69) is 16.2 Å². The Hall–Kier alpha value is -2.87. The van der Waals surface area contributed by atoms with Crippen molar-refractivity contribution in [1.29, 1.82) is 0 Å². The summed E-state index contributed by atoms with van der Waals surface area (Å²) < 4.78 is 13.8. The Bertz CT molecular complexity index is 677. The van der Waals surface area contributed by atoms with Gasteiger partial charge >= 0.3 is 5.97 Å². The average molecular weight is 256 g/mol. The van der Waals surface area contributed by atoms with E-state index in [0.717, 1.165) is 6.07 Å². The molecule has 5 heteroatoms. The highest BCUT2D eigenvalue weighted by molar-refractivity contribution is 5.89. The van der Waals surface area contributed by atoms with Gasteiger partial charge in [0, 0.05) is 17.4 Å². The number of halogens is 1. The number of hydrogen-bond acceptors (Lipinski definition) is 3. The first-order chi connectivity index (χ1) is 9.11. The molecule has 1 aromatic heterocycles. The highest BCUT2D eigenvalue weighted by Gasteiger charge is 2.15. The number of carboxylic acids is 1. The number of carbonyl (C=O) groups is 1. The predicted octanol–water partition coefficient (Wildman–Crippen LogP) is 2.64. The van der Waals surface area contributed by atoms with Crippen LogP contribution in [0.15, 0.2) is 36.5 Å². The molecule has 19 heavy (non-hydrogen) atoms. The second-order valence-corrected chi connectivity index (χ2v) is 3.68. The van der Waals surface area contributed by atoms with Crippen molar-refractivity contribution in [3.63, 3.8) is 0 Å². The lowest BCUT2D eigenvalue weighted by Gasteiger charge is -2.08. The smallest absolute Gasteiger partial charge is 0.338 e. The summed E-state index contributed by atoms with van der Waals surface area (Å²) in [6.07, 6.45) is 6.48. The second-order valence-electron chi connectivity index (χ2n) is 3.68. The lowest BCUT2D eigenvalue weighted by molar-refractivity contribution is 0.0692. The summed E-state index contributed by atoms with van der Waals surface area (Å²) in [7, 11) is 0. The molecule has 0 bridgehead atoms. The molecule has 0 atom stereocenters. The maximum Gasteiger partial charge on any atom is 0.338 e. The van der Waals surface area contributed by atoms with Crippen LogP contribution in [0.3, 0.4) is 0 Å². The van der Waals surface area contributed by atoms with Gasteiger partial charge in [0.2, 0.25) is 0 Å². The zero-order chi connectivity index (χ0) is 13.8. The van der Waals surface area contributed by atoms with Crippen molar-refractivity contribution in [3.8, 4) is 12.3 Å². The van der Waals surface area contributed by atoms with Crippen LogP contribution < -0.4 is 5.32 Å². The molecule has 0 aliphatic rings. The minimum Gasteiger partial charge on any atom is -0.478 e. The van der Waals surface area contributed by atoms with Gasteiger partial charge in [0.05, 0.1) is 0 Å². The number of hydrogen-bond donors (Lipinski definition) is 2. The van der Waals surface area contributed by atoms with Gasteiger partial charge in [-0.25, -0.2) is 14.2 Å².